The summed E-state index contributed by atoms with van der Waals surface area (Å²) < 4.78 is 24.1. The lowest BCUT2D eigenvalue weighted by Crippen LogP contribution is -2.36. The quantitative estimate of drug-likeness (QED) is 0.764. The molecule has 1 amide bonds. The molecule has 1 heterocycles. The summed E-state index contributed by atoms with van der Waals surface area (Å²) in [6, 6.07) is 3.71. The first-order chi connectivity index (χ1) is 9.17. The molecule has 1 aliphatic rings. The third kappa shape index (κ3) is 2.37. The highest BCUT2D eigenvalue weighted by Gasteiger charge is 2.51. The molecule has 0 bridgehead atoms. The summed E-state index contributed by atoms with van der Waals surface area (Å²) in [6.07, 6.45) is 0. The molecular weight excluding hydrogens is 348 g/mol. The predicted molar refractivity (Wildman–Crippen MR) is 79.8 cm³/mol. The number of anilines is 1. The fourth-order valence-corrected chi connectivity index (χ4v) is 3.77. The first kappa shape index (κ1) is 15.8. The molecule has 1 unspecified atom stereocenters. The van der Waals surface area contributed by atoms with E-state index in [2.05, 4.69) is 0 Å². The van der Waals surface area contributed by atoms with E-state index in [0.29, 0.717) is 0 Å². The minimum Gasteiger partial charge on any atom is -0.272 e. The SMILES string of the molecule is CC1(C)C(=O)N(c2ccc(F)c(Cl)c2)C(=C(Cl)Cl)S1=O. The van der Waals surface area contributed by atoms with Crippen molar-refractivity contribution in [3.8, 4) is 0 Å². The van der Waals surface area contributed by atoms with Gasteiger partial charge in [-0.1, -0.05) is 34.8 Å². The molecule has 0 saturated carbocycles. The molecule has 1 fully saturated rings. The van der Waals surface area contributed by atoms with Crippen LogP contribution in [0.5, 0.6) is 0 Å². The molecule has 1 aromatic rings. The van der Waals surface area contributed by atoms with E-state index in [1.54, 1.807) is 0 Å². The Morgan fingerprint density at radius 1 is 1.35 bits per heavy atom. The number of carbonyl (C=O) groups is 1. The van der Waals surface area contributed by atoms with Crippen molar-refractivity contribution in [2.45, 2.75) is 18.6 Å². The first-order valence-electron chi connectivity index (χ1n) is 5.44. The van der Waals surface area contributed by atoms with Gasteiger partial charge in [0.1, 0.15) is 20.1 Å². The monoisotopic (exact) mass is 355 g/mol. The predicted octanol–water partition coefficient (Wildman–Crippen LogP) is 3.96. The van der Waals surface area contributed by atoms with Crippen molar-refractivity contribution in [1.29, 1.82) is 0 Å². The third-order valence-corrected chi connectivity index (χ3v) is 5.59. The molecule has 0 aliphatic carbocycles. The van der Waals surface area contributed by atoms with Crippen LogP contribution in [0.2, 0.25) is 5.02 Å². The topological polar surface area (TPSA) is 37.4 Å². The van der Waals surface area contributed by atoms with Crippen molar-refractivity contribution in [3.05, 3.63) is 38.6 Å². The van der Waals surface area contributed by atoms with E-state index in [4.69, 9.17) is 34.8 Å². The van der Waals surface area contributed by atoms with E-state index in [9.17, 15) is 13.4 Å². The van der Waals surface area contributed by atoms with Crippen LogP contribution in [-0.2, 0) is 15.6 Å². The smallest absolute Gasteiger partial charge is 0.250 e. The molecule has 1 saturated heterocycles. The number of carbonyl (C=O) groups excluding carboxylic acids is 1. The highest BCUT2D eigenvalue weighted by Crippen LogP contribution is 2.41. The lowest BCUT2D eigenvalue weighted by molar-refractivity contribution is -0.119. The second-order valence-electron chi connectivity index (χ2n) is 4.58. The minimum atomic E-state index is -1.72. The van der Waals surface area contributed by atoms with E-state index >= 15 is 0 Å². The van der Waals surface area contributed by atoms with E-state index in [-0.39, 0.29) is 20.2 Å². The maximum absolute atomic E-state index is 13.2. The van der Waals surface area contributed by atoms with Crippen molar-refractivity contribution >= 4 is 57.2 Å². The van der Waals surface area contributed by atoms with Gasteiger partial charge in [0.25, 0.3) is 5.91 Å². The normalized spacial score (nSPS) is 21.5. The lowest BCUT2D eigenvalue weighted by atomic mass is 10.1. The van der Waals surface area contributed by atoms with Gasteiger partial charge in [0.05, 0.1) is 21.5 Å². The molecule has 0 N–H and O–H groups in total. The summed E-state index contributed by atoms with van der Waals surface area (Å²) in [7, 11) is -1.72. The zero-order chi connectivity index (χ0) is 15.2. The largest absolute Gasteiger partial charge is 0.272 e. The zero-order valence-corrected chi connectivity index (χ0v) is 13.5. The van der Waals surface area contributed by atoms with Gasteiger partial charge in [-0.25, -0.2) is 4.39 Å². The summed E-state index contributed by atoms with van der Waals surface area (Å²) in [6.45, 7) is 3.04. The number of hydrogen-bond acceptors (Lipinski definition) is 2. The van der Waals surface area contributed by atoms with Crippen LogP contribution in [0.15, 0.2) is 27.7 Å². The van der Waals surface area contributed by atoms with Crippen LogP contribution in [0.4, 0.5) is 10.1 Å². The Morgan fingerprint density at radius 2 is 1.95 bits per heavy atom. The maximum Gasteiger partial charge on any atom is 0.250 e. The van der Waals surface area contributed by atoms with E-state index in [1.165, 1.54) is 26.0 Å². The van der Waals surface area contributed by atoms with Gasteiger partial charge in [-0.15, -0.1) is 0 Å². The Bertz CT molecular complexity index is 656. The standard InChI is InChI=1S/C12H9Cl3FNO2S/c1-12(2)11(18)17(10(9(14)15)20(12)19)6-3-4-8(16)7(13)5-6/h3-5H,1-2H3. The van der Waals surface area contributed by atoms with Crippen molar-refractivity contribution in [2.24, 2.45) is 0 Å². The van der Waals surface area contributed by atoms with Gasteiger partial charge in [-0.3, -0.25) is 13.9 Å². The van der Waals surface area contributed by atoms with Crippen LogP contribution in [0.1, 0.15) is 13.8 Å². The molecule has 108 valence electrons. The fourth-order valence-electron chi connectivity index (χ4n) is 1.78. The van der Waals surface area contributed by atoms with Crippen molar-refractivity contribution in [1.82, 2.24) is 0 Å². The van der Waals surface area contributed by atoms with Gasteiger partial charge in [0.2, 0.25) is 0 Å². The van der Waals surface area contributed by atoms with Gasteiger partial charge < -0.3 is 0 Å². The number of benzene rings is 1. The second-order valence-corrected chi connectivity index (χ2v) is 7.88. The molecule has 1 atom stereocenters. The van der Waals surface area contributed by atoms with Gasteiger partial charge in [0, 0.05) is 0 Å². The lowest BCUT2D eigenvalue weighted by Gasteiger charge is -2.18. The van der Waals surface area contributed by atoms with Crippen LogP contribution in [0, 0.1) is 5.82 Å². The highest BCUT2D eigenvalue weighted by molar-refractivity contribution is 7.92. The van der Waals surface area contributed by atoms with E-state index < -0.39 is 27.3 Å². The molecule has 0 spiro atoms. The van der Waals surface area contributed by atoms with Crippen molar-refractivity contribution < 1.29 is 13.4 Å². The Labute approximate surface area is 132 Å². The van der Waals surface area contributed by atoms with Crippen LogP contribution >= 0.6 is 34.8 Å². The van der Waals surface area contributed by atoms with Gasteiger partial charge in [0.15, 0.2) is 0 Å². The van der Waals surface area contributed by atoms with Crippen LogP contribution in [0.3, 0.4) is 0 Å². The molecule has 1 aliphatic heterocycles. The number of hydrogen-bond donors (Lipinski definition) is 0. The van der Waals surface area contributed by atoms with Crippen LogP contribution < -0.4 is 4.90 Å². The average Bonchev–Trinajstić information content (AvgIpc) is 2.53. The Morgan fingerprint density at radius 3 is 2.45 bits per heavy atom. The molecule has 2 rings (SSSR count). The van der Waals surface area contributed by atoms with Gasteiger partial charge >= 0.3 is 0 Å². The van der Waals surface area contributed by atoms with Crippen LogP contribution in [0.25, 0.3) is 0 Å². The number of rotatable bonds is 1. The first-order valence-corrected chi connectivity index (χ1v) is 7.73. The summed E-state index contributed by atoms with van der Waals surface area (Å²) in [4.78, 5) is 13.5. The number of nitrogens with zero attached hydrogens (tertiary/aromatic N) is 1. The molecule has 3 nitrogen and oxygen atoms in total. The summed E-state index contributed by atoms with van der Waals surface area (Å²) >= 11 is 17.2. The third-order valence-electron chi connectivity index (χ3n) is 2.88. The van der Waals surface area contributed by atoms with Crippen LogP contribution in [-0.4, -0.2) is 14.9 Å². The maximum atomic E-state index is 13.2. The number of halogens is 4. The zero-order valence-electron chi connectivity index (χ0n) is 10.4. The highest BCUT2D eigenvalue weighted by atomic mass is 35.5. The number of amides is 1. The Hall–Kier alpha value is -0.620. The van der Waals surface area contributed by atoms with Crippen molar-refractivity contribution in [2.75, 3.05) is 4.90 Å². The average molecular weight is 357 g/mol. The van der Waals surface area contributed by atoms with Crippen molar-refractivity contribution in [3.63, 3.8) is 0 Å². The summed E-state index contributed by atoms with van der Waals surface area (Å²) in [5, 5.41) is -0.179. The Kier molecular flexibility index (Phi) is 4.17. The van der Waals surface area contributed by atoms with E-state index in [0.717, 1.165) is 11.0 Å². The molecule has 1 aromatic carbocycles. The molecular formula is C12H9Cl3FNO2S. The summed E-state index contributed by atoms with van der Waals surface area (Å²) in [5.41, 5.74) is 0.258. The second kappa shape index (κ2) is 5.30. The van der Waals surface area contributed by atoms with E-state index in [1.807, 2.05) is 0 Å². The molecule has 0 aromatic heterocycles. The fraction of sp³-hybridized carbons (Fsp3) is 0.250. The Balaban J connectivity index is 2.65. The van der Waals surface area contributed by atoms with Gasteiger partial charge in [-0.05, 0) is 32.0 Å². The molecule has 0 radical (unpaired) electrons. The molecule has 8 heteroatoms. The minimum absolute atomic E-state index is 0.0222. The summed E-state index contributed by atoms with van der Waals surface area (Å²) in [5.74, 6) is -1.07. The van der Waals surface area contributed by atoms with Gasteiger partial charge in [-0.2, -0.15) is 0 Å². The molecule has 20 heavy (non-hydrogen) atoms.